The lowest BCUT2D eigenvalue weighted by Crippen LogP contribution is -2.27. The third-order valence-electron chi connectivity index (χ3n) is 2.25. The van der Waals surface area contributed by atoms with Crippen LogP contribution in [0, 0.1) is 0 Å². The summed E-state index contributed by atoms with van der Waals surface area (Å²) in [6.45, 7) is 5.63. The Morgan fingerprint density at radius 2 is 1.85 bits per heavy atom. The lowest BCUT2D eigenvalue weighted by molar-refractivity contribution is -0.131. The van der Waals surface area contributed by atoms with E-state index >= 15 is 0 Å². The summed E-state index contributed by atoms with van der Waals surface area (Å²) in [7, 11) is 0. The van der Waals surface area contributed by atoms with Crippen molar-refractivity contribution in [1.29, 1.82) is 0 Å². The minimum Gasteiger partial charge on any atom is -0.478 e. The van der Waals surface area contributed by atoms with Gasteiger partial charge in [0.1, 0.15) is 6.61 Å². The van der Waals surface area contributed by atoms with Crippen molar-refractivity contribution in [2.24, 2.45) is 0 Å². The van der Waals surface area contributed by atoms with Crippen LogP contribution in [-0.2, 0) is 14.3 Å². The van der Waals surface area contributed by atoms with Crippen LogP contribution in [0.15, 0.2) is 30.3 Å². The first-order valence-electron chi connectivity index (χ1n) is 6.21. The summed E-state index contributed by atoms with van der Waals surface area (Å²) in [5, 5.41) is 11.2. The summed E-state index contributed by atoms with van der Waals surface area (Å²) in [6, 6.07) is 6.85. The van der Waals surface area contributed by atoms with Gasteiger partial charge in [0.15, 0.2) is 0 Å². The normalized spacial score (nSPS) is 11.6. The molecule has 0 bridgehead atoms. The Kier molecular flexibility index (Phi) is 5.46. The molecule has 0 saturated heterocycles. The van der Waals surface area contributed by atoms with Crippen LogP contribution in [0.3, 0.4) is 0 Å². The monoisotopic (exact) mass is 277 g/mol. The van der Waals surface area contributed by atoms with Crippen molar-refractivity contribution in [3.63, 3.8) is 0 Å². The van der Waals surface area contributed by atoms with Crippen LogP contribution >= 0.6 is 0 Å². The first kappa shape index (κ1) is 15.9. The number of amides is 1. The van der Waals surface area contributed by atoms with Crippen LogP contribution in [0.2, 0.25) is 0 Å². The largest absolute Gasteiger partial charge is 0.478 e. The van der Waals surface area contributed by atoms with Crippen molar-refractivity contribution in [1.82, 2.24) is 0 Å². The van der Waals surface area contributed by atoms with E-state index in [0.29, 0.717) is 5.69 Å². The first-order valence-corrected chi connectivity index (χ1v) is 6.21. The predicted molar refractivity (Wildman–Crippen MR) is 77.4 cm³/mol. The van der Waals surface area contributed by atoms with Gasteiger partial charge in [-0.15, -0.1) is 0 Å². The average Bonchev–Trinajstić information content (AvgIpc) is 2.35. The van der Waals surface area contributed by atoms with E-state index in [2.05, 4.69) is 5.32 Å². The molecule has 1 amide bonds. The molecule has 1 rings (SSSR count). The molecule has 108 valence electrons. The van der Waals surface area contributed by atoms with Gasteiger partial charge in [-0.1, -0.05) is 12.1 Å². The predicted octanol–water partition coefficient (Wildman–Crippen LogP) is 2.54. The molecule has 0 fully saturated rings. The molecule has 0 aliphatic heterocycles. The maximum atomic E-state index is 11.6. The summed E-state index contributed by atoms with van der Waals surface area (Å²) in [4.78, 5) is 22.0. The highest BCUT2D eigenvalue weighted by Gasteiger charge is 2.12. The van der Waals surface area contributed by atoms with Crippen molar-refractivity contribution >= 4 is 23.6 Å². The van der Waals surface area contributed by atoms with E-state index in [1.807, 2.05) is 20.8 Å². The number of carboxylic acids is 1. The minimum atomic E-state index is -0.998. The highest BCUT2D eigenvalue weighted by molar-refractivity contribution is 5.92. The van der Waals surface area contributed by atoms with Crippen LogP contribution < -0.4 is 5.32 Å². The number of carbonyl (C=O) groups excluding carboxylic acids is 1. The van der Waals surface area contributed by atoms with Crippen LogP contribution in [0.5, 0.6) is 0 Å². The van der Waals surface area contributed by atoms with Gasteiger partial charge in [-0.05, 0) is 44.5 Å². The zero-order chi connectivity index (χ0) is 15.2. The molecule has 5 heteroatoms. The van der Waals surface area contributed by atoms with E-state index < -0.39 is 5.97 Å². The van der Waals surface area contributed by atoms with Crippen LogP contribution in [0.25, 0.3) is 6.08 Å². The third-order valence-corrected chi connectivity index (χ3v) is 2.25. The number of aliphatic carboxylic acids is 1. The molecule has 0 aliphatic carbocycles. The molecular formula is C15H19NO4. The number of hydrogen-bond donors (Lipinski definition) is 2. The van der Waals surface area contributed by atoms with Gasteiger partial charge in [0.05, 0.1) is 5.60 Å². The highest BCUT2D eigenvalue weighted by atomic mass is 16.5. The zero-order valence-electron chi connectivity index (χ0n) is 11.8. The highest BCUT2D eigenvalue weighted by Crippen LogP contribution is 2.11. The SMILES string of the molecule is CC(C)(C)OCC(=O)Nc1ccc(/C=C/C(=O)O)cc1. The molecule has 20 heavy (non-hydrogen) atoms. The van der Waals surface area contributed by atoms with Gasteiger partial charge >= 0.3 is 5.97 Å². The molecule has 1 aromatic carbocycles. The molecule has 0 spiro atoms. The van der Waals surface area contributed by atoms with Gasteiger partial charge in [-0.25, -0.2) is 4.79 Å². The van der Waals surface area contributed by atoms with Crippen molar-refractivity contribution in [2.45, 2.75) is 26.4 Å². The fraction of sp³-hybridized carbons (Fsp3) is 0.333. The van der Waals surface area contributed by atoms with Gasteiger partial charge in [0.2, 0.25) is 5.91 Å². The second-order valence-electron chi connectivity index (χ2n) is 5.24. The second-order valence-corrected chi connectivity index (χ2v) is 5.24. The lowest BCUT2D eigenvalue weighted by Gasteiger charge is -2.18. The summed E-state index contributed by atoms with van der Waals surface area (Å²) in [5.74, 6) is -1.23. The Balaban J connectivity index is 2.53. The van der Waals surface area contributed by atoms with Crippen molar-refractivity contribution in [2.75, 3.05) is 11.9 Å². The van der Waals surface area contributed by atoms with Crippen LogP contribution in [-0.4, -0.2) is 29.2 Å². The summed E-state index contributed by atoms with van der Waals surface area (Å²) in [5.41, 5.74) is 1.03. The Morgan fingerprint density at radius 1 is 1.25 bits per heavy atom. The van der Waals surface area contributed by atoms with Crippen molar-refractivity contribution < 1.29 is 19.4 Å². The van der Waals surface area contributed by atoms with Crippen LogP contribution in [0.4, 0.5) is 5.69 Å². The summed E-state index contributed by atoms with van der Waals surface area (Å²) < 4.78 is 5.36. The molecule has 0 aliphatic rings. The van der Waals surface area contributed by atoms with E-state index in [-0.39, 0.29) is 18.1 Å². The number of nitrogens with one attached hydrogen (secondary N) is 1. The number of hydrogen-bond acceptors (Lipinski definition) is 3. The Morgan fingerprint density at radius 3 is 2.35 bits per heavy atom. The van der Waals surface area contributed by atoms with E-state index in [9.17, 15) is 9.59 Å². The van der Waals surface area contributed by atoms with E-state index in [4.69, 9.17) is 9.84 Å². The van der Waals surface area contributed by atoms with Crippen molar-refractivity contribution in [3.8, 4) is 0 Å². The number of anilines is 1. The topological polar surface area (TPSA) is 75.6 Å². The number of rotatable bonds is 5. The summed E-state index contributed by atoms with van der Waals surface area (Å²) in [6.07, 6.45) is 2.54. The molecule has 0 radical (unpaired) electrons. The van der Waals surface area contributed by atoms with Gasteiger partial charge < -0.3 is 15.2 Å². The number of carboxylic acid groups (broad SMARTS) is 1. The number of ether oxygens (including phenoxy) is 1. The first-order chi connectivity index (χ1) is 9.26. The molecule has 0 heterocycles. The minimum absolute atomic E-state index is 0.00975. The average molecular weight is 277 g/mol. The van der Waals surface area contributed by atoms with E-state index in [1.165, 1.54) is 6.08 Å². The molecule has 0 unspecified atom stereocenters. The molecular weight excluding hydrogens is 258 g/mol. The zero-order valence-corrected chi connectivity index (χ0v) is 11.8. The molecule has 0 atom stereocenters. The van der Waals surface area contributed by atoms with E-state index in [1.54, 1.807) is 24.3 Å². The fourth-order valence-electron chi connectivity index (χ4n) is 1.32. The van der Waals surface area contributed by atoms with Gasteiger partial charge in [-0.3, -0.25) is 4.79 Å². The van der Waals surface area contributed by atoms with Crippen LogP contribution in [0.1, 0.15) is 26.3 Å². The lowest BCUT2D eigenvalue weighted by atomic mass is 10.2. The molecule has 0 aromatic heterocycles. The van der Waals surface area contributed by atoms with Gasteiger partial charge in [0, 0.05) is 11.8 Å². The molecule has 1 aromatic rings. The van der Waals surface area contributed by atoms with Gasteiger partial charge in [0.25, 0.3) is 0 Å². The van der Waals surface area contributed by atoms with Gasteiger partial charge in [-0.2, -0.15) is 0 Å². The fourth-order valence-corrected chi connectivity index (χ4v) is 1.32. The summed E-state index contributed by atoms with van der Waals surface area (Å²) >= 11 is 0. The second kappa shape index (κ2) is 6.86. The van der Waals surface area contributed by atoms with E-state index in [0.717, 1.165) is 11.6 Å². The molecule has 0 saturated carbocycles. The van der Waals surface area contributed by atoms with Crippen molar-refractivity contribution in [3.05, 3.63) is 35.9 Å². The Labute approximate surface area is 118 Å². The Bertz CT molecular complexity index is 498. The molecule has 2 N–H and O–H groups in total. The smallest absolute Gasteiger partial charge is 0.328 e. The number of benzene rings is 1. The molecule has 5 nitrogen and oxygen atoms in total. The number of carbonyl (C=O) groups is 2. The Hall–Kier alpha value is -2.14. The maximum Gasteiger partial charge on any atom is 0.328 e. The quantitative estimate of drug-likeness (QED) is 0.811. The third kappa shape index (κ3) is 6.70. The maximum absolute atomic E-state index is 11.6. The standard InChI is InChI=1S/C15H19NO4/c1-15(2,3)20-10-13(17)16-12-7-4-11(5-8-12)6-9-14(18)19/h4-9H,10H2,1-3H3,(H,16,17)(H,18,19)/b9-6+.